The van der Waals surface area contributed by atoms with Crippen LogP contribution in [0.1, 0.15) is 26.2 Å². The summed E-state index contributed by atoms with van der Waals surface area (Å²) in [7, 11) is 0. The van der Waals surface area contributed by atoms with E-state index in [9.17, 15) is 9.59 Å². The van der Waals surface area contributed by atoms with Gasteiger partial charge < -0.3 is 14.7 Å². The second-order valence-corrected chi connectivity index (χ2v) is 5.39. The molecule has 96 valence electrons. The van der Waals surface area contributed by atoms with Crippen molar-refractivity contribution < 1.29 is 19.4 Å². The number of nitrogens with zero attached hydrogens (tertiary/aromatic N) is 1. The van der Waals surface area contributed by atoms with Crippen molar-refractivity contribution in [3.8, 4) is 0 Å². The van der Waals surface area contributed by atoms with E-state index < -0.39 is 11.4 Å². The van der Waals surface area contributed by atoms with Crippen LogP contribution in [0, 0.1) is 11.3 Å². The molecule has 2 aliphatic rings. The maximum absolute atomic E-state index is 11.8. The Balaban J connectivity index is 1.74. The first-order valence-corrected chi connectivity index (χ1v) is 6.10. The van der Waals surface area contributed by atoms with Crippen LogP contribution in [0.4, 0.5) is 0 Å². The lowest BCUT2D eigenvalue weighted by Crippen LogP contribution is -2.36. The van der Waals surface area contributed by atoms with E-state index in [0.29, 0.717) is 32.0 Å². The van der Waals surface area contributed by atoms with Crippen LogP contribution in [0.5, 0.6) is 0 Å². The van der Waals surface area contributed by atoms with Crippen molar-refractivity contribution in [1.29, 1.82) is 0 Å². The fourth-order valence-electron chi connectivity index (χ4n) is 2.04. The van der Waals surface area contributed by atoms with Gasteiger partial charge in [0.25, 0.3) is 0 Å². The average molecular weight is 241 g/mol. The van der Waals surface area contributed by atoms with Gasteiger partial charge >= 0.3 is 5.97 Å². The third kappa shape index (κ3) is 2.97. The van der Waals surface area contributed by atoms with Crippen molar-refractivity contribution in [2.24, 2.45) is 11.3 Å². The summed E-state index contributed by atoms with van der Waals surface area (Å²) in [4.78, 5) is 24.4. The molecule has 0 aromatic carbocycles. The summed E-state index contributed by atoms with van der Waals surface area (Å²) < 4.78 is 5.32. The molecule has 1 N–H and O–H groups in total. The predicted octanol–water partition coefficient (Wildman–Crippen LogP) is 0.736. The highest BCUT2D eigenvalue weighted by Gasteiger charge is 2.42. The number of carbonyl (C=O) groups excluding carboxylic acids is 1. The molecule has 0 aromatic rings. The number of carboxylic acid groups (broad SMARTS) is 1. The summed E-state index contributed by atoms with van der Waals surface area (Å²) in [6.45, 7) is 3.26. The van der Waals surface area contributed by atoms with E-state index >= 15 is 0 Å². The SMILES string of the molecule is C[C@]1(C(=O)O)CCN(C(=O)COCC2CC2)C1. The molecule has 0 unspecified atom stereocenters. The zero-order valence-corrected chi connectivity index (χ0v) is 10.1. The molecule has 1 saturated heterocycles. The minimum absolute atomic E-state index is 0.0874. The van der Waals surface area contributed by atoms with Crippen LogP contribution in [-0.2, 0) is 14.3 Å². The third-order valence-corrected chi connectivity index (χ3v) is 3.62. The summed E-state index contributed by atoms with van der Waals surface area (Å²) >= 11 is 0. The van der Waals surface area contributed by atoms with Gasteiger partial charge in [0.15, 0.2) is 0 Å². The van der Waals surface area contributed by atoms with Crippen molar-refractivity contribution in [2.75, 3.05) is 26.3 Å². The van der Waals surface area contributed by atoms with Gasteiger partial charge in [0.05, 0.1) is 12.0 Å². The van der Waals surface area contributed by atoms with E-state index in [-0.39, 0.29) is 12.5 Å². The van der Waals surface area contributed by atoms with E-state index in [1.807, 2.05) is 0 Å². The fraction of sp³-hybridized carbons (Fsp3) is 0.833. The molecular weight excluding hydrogens is 222 g/mol. The van der Waals surface area contributed by atoms with Gasteiger partial charge in [-0.2, -0.15) is 0 Å². The number of likely N-dealkylation sites (tertiary alicyclic amines) is 1. The lowest BCUT2D eigenvalue weighted by molar-refractivity contribution is -0.147. The van der Waals surface area contributed by atoms with Crippen LogP contribution in [0.25, 0.3) is 0 Å². The molecule has 0 radical (unpaired) electrons. The first-order valence-electron chi connectivity index (χ1n) is 6.10. The molecule has 2 fully saturated rings. The summed E-state index contributed by atoms with van der Waals surface area (Å²) in [6, 6.07) is 0. The minimum Gasteiger partial charge on any atom is -0.481 e. The minimum atomic E-state index is -0.827. The third-order valence-electron chi connectivity index (χ3n) is 3.62. The summed E-state index contributed by atoms with van der Waals surface area (Å²) in [6.07, 6.45) is 2.93. The zero-order valence-electron chi connectivity index (χ0n) is 10.1. The predicted molar refractivity (Wildman–Crippen MR) is 60.5 cm³/mol. The summed E-state index contributed by atoms with van der Waals surface area (Å²) in [5.41, 5.74) is -0.786. The van der Waals surface area contributed by atoms with Crippen LogP contribution in [-0.4, -0.2) is 48.2 Å². The van der Waals surface area contributed by atoms with E-state index in [2.05, 4.69) is 0 Å². The lowest BCUT2D eigenvalue weighted by atomic mass is 9.90. The number of hydrogen-bond acceptors (Lipinski definition) is 3. The Labute approximate surface area is 101 Å². The van der Waals surface area contributed by atoms with Crippen molar-refractivity contribution >= 4 is 11.9 Å². The molecule has 1 atom stereocenters. The Morgan fingerprint density at radius 2 is 2.18 bits per heavy atom. The van der Waals surface area contributed by atoms with Gasteiger partial charge in [-0.1, -0.05) is 0 Å². The van der Waals surface area contributed by atoms with Gasteiger partial charge in [-0.3, -0.25) is 9.59 Å². The lowest BCUT2D eigenvalue weighted by Gasteiger charge is -2.20. The first kappa shape index (κ1) is 12.4. The van der Waals surface area contributed by atoms with E-state index in [1.165, 1.54) is 12.8 Å². The van der Waals surface area contributed by atoms with Crippen molar-refractivity contribution in [3.05, 3.63) is 0 Å². The Morgan fingerprint density at radius 1 is 1.47 bits per heavy atom. The molecule has 5 nitrogen and oxygen atoms in total. The molecule has 0 bridgehead atoms. The number of ether oxygens (including phenoxy) is 1. The highest BCUT2D eigenvalue weighted by molar-refractivity contribution is 5.81. The van der Waals surface area contributed by atoms with Gasteiger partial charge in [-0.05, 0) is 32.1 Å². The molecule has 2 rings (SSSR count). The largest absolute Gasteiger partial charge is 0.481 e. The highest BCUT2D eigenvalue weighted by atomic mass is 16.5. The second kappa shape index (κ2) is 4.64. The topological polar surface area (TPSA) is 66.8 Å². The standard InChI is InChI=1S/C12H19NO4/c1-12(11(15)16)4-5-13(8-12)10(14)7-17-6-9-2-3-9/h9H,2-8H2,1H3,(H,15,16)/t12-/m0/s1. The van der Waals surface area contributed by atoms with Crippen LogP contribution in [0.15, 0.2) is 0 Å². The molecule has 1 amide bonds. The summed E-state index contributed by atoms with van der Waals surface area (Å²) in [5.74, 6) is -0.270. The number of carboxylic acids is 1. The Kier molecular flexibility index (Phi) is 3.38. The molecule has 1 aliphatic carbocycles. The smallest absolute Gasteiger partial charge is 0.311 e. The zero-order chi connectivity index (χ0) is 12.5. The Hall–Kier alpha value is -1.10. The number of carbonyl (C=O) groups is 2. The average Bonchev–Trinajstić information content (AvgIpc) is 3.00. The van der Waals surface area contributed by atoms with Gasteiger partial charge in [-0.15, -0.1) is 0 Å². The fourth-order valence-corrected chi connectivity index (χ4v) is 2.04. The second-order valence-electron chi connectivity index (χ2n) is 5.39. The number of hydrogen-bond donors (Lipinski definition) is 1. The summed E-state index contributed by atoms with van der Waals surface area (Å²) in [5, 5.41) is 9.06. The van der Waals surface area contributed by atoms with Crippen molar-refractivity contribution in [1.82, 2.24) is 4.90 Å². The van der Waals surface area contributed by atoms with E-state index in [4.69, 9.17) is 9.84 Å². The number of aliphatic carboxylic acids is 1. The monoisotopic (exact) mass is 241 g/mol. The van der Waals surface area contributed by atoms with Crippen LogP contribution < -0.4 is 0 Å². The first-order chi connectivity index (χ1) is 8.01. The van der Waals surface area contributed by atoms with Crippen LogP contribution in [0.2, 0.25) is 0 Å². The molecule has 17 heavy (non-hydrogen) atoms. The van der Waals surface area contributed by atoms with Gasteiger partial charge in [-0.25, -0.2) is 0 Å². The normalized spacial score (nSPS) is 28.4. The van der Waals surface area contributed by atoms with Crippen LogP contribution >= 0.6 is 0 Å². The van der Waals surface area contributed by atoms with Gasteiger partial charge in [0.1, 0.15) is 6.61 Å². The Bertz CT molecular complexity index is 326. The molecular formula is C12H19NO4. The number of rotatable bonds is 5. The molecule has 0 aromatic heterocycles. The maximum Gasteiger partial charge on any atom is 0.311 e. The van der Waals surface area contributed by atoms with Crippen LogP contribution in [0.3, 0.4) is 0 Å². The van der Waals surface area contributed by atoms with E-state index in [0.717, 1.165) is 0 Å². The number of amides is 1. The molecule has 0 spiro atoms. The molecule has 1 saturated carbocycles. The van der Waals surface area contributed by atoms with Gasteiger partial charge in [0, 0.05) is 13.1 Å². The van der Waals surface area contributed by atoms with Crippen molar-refractivity contribution in [3.63, 3.8) is 0 Å². The quantitative estimate of drug-likeness (QED) is 0.770. The Morgan fingerprint density at radius 3 is 2.71 bits per heavy atom. The maximum atomic E-state index is 11.8. The molecule has 5 heteroatoms. The highest BCUT2D eigenvalue weighted by Crippen LogP contribution is 2.30. The van der Waals surface area contributed by atoms with Crippen molar-refractivity contribution in [2.45, 2.75) is 26.2 Å². The molecule has 1 heterocycles. The van der Waals surface area contributed by atoms with E-state index in [1.54, 1.807) is 11.8 Å². The van der Waals surface area contributed by atoms with Gasteiger partial charge in [0.2, 0.25) is 5.91 Å². The molecule has 1 aliphatic heterocycles.